The summed E-state index contributed by atoms with van der Waals surface area (Å²) < 4.78 is 13.1. The minimum atomic E-state index is -1.33. The molecule has 0 radical (unpaired) electrons. The summed E-state index contributed by atoms with van der Waals surface area (Å²) in [5.74, 6) is -3.06. The Morgan fingerprint density at radius 3 is 2.55 bits per heavy atom. The first kappa shape index (κ1) is 26.0. The minimum absolute atomic E-state index is 0. The maximum Gasteiger partial charge on any atom is 1.00 e. The average molecular weight is 486 g/mol. The van der Waals surface area contributed by atoms with E-state index < -0.39 is 51.4 Å². The van der Waals surface area contributed by atoms with Gasteiger partial charge in [-0.2, -0.15) is 0 Å². The zero-order valence-electron chi connectivity index (χ0n) is 19.1. The molecule has 0 bridgehead atoms. The monoisotopic (exact) mass is 485 g/mol. The van der Waals surface area contributed by atoms with Gasteiger partial charge in [-0.25, -0.2) is 4.39 Å². The van der Waals surface area contributed by atoms with Crippen molar-refractivity contribution in [3.63, 3.8) is 0 Å². The van der Waals surface area contributed by atoms with Crippen LogP contribution in [0.5, 0.6) is 0 Å². The first-order valence-electron chi connectivity index (χ1n) is 10.6. The molecule has 33 heavy (non-hydrogen) atoms. The van der Waals surface area contributed by atoms with Gasteiger partial charge in [-0.3, -0.25) is 9.59 Å². The number of halogens is 1. The van der Waals surface area contributed by atoms with Gasteiger partial charge in [0.25, 0.3) is 5.91 Å². The maximum absolute atomic E-state index is 13.8. The molecule has 3 fully saturated rings. The van der Waals surface area contributed by atoms with Crippen molar-refractivity contribution in [3.8, 4) is 0 Å². The van der Waals surface area contributed by atoms with E-state index in [1.54, 1.807) is 13.8 Å². The van der Waals surface area contributed by atoms with E-state index in [4.69, 9.17) is 4.84 Å². The van der Waals surface area contributed by atoms with Gasteiger partial charge in [0.15, 0.2) is 5.71 Å². The van der Waals surface area contributed by atoms with Crippen LogP contribution in [0.4, 0.5) is 4.39 Å². The fourth-order valence-electron chi connectivity index (χ4n) is 4.57. The van der Waals surface area contributed by atoms with E-state index in [1.807, 2.05) is 6.92 Å². The molecule has 172 valence electrons. The molecule has 1 aromatic carbocycles. The molecule has 1 aliphatic carbocycles. The fraction of sp³-hybridized carbons (Fsp3) is 0.545. The first-order chi connectivity index (χ1) is 15.0. The van der Waals surface area contributed by atoms with E-state index in [0.717, 1.165) is 25.7 Å². The average Bonchev–Trinajstić information content (AvgIpc) is 3.25. The number of hydrogen-bond donors (Lipinski definition) is 1. The normalized spacial score (nSPS) is 27.3. The number of carboxylic acid groups (broad SMARTS) is 1. The zero-order chi connectivity index (χ0) is 23.3. The molecule has 2 heterocycles. The molecule has 2 aliphatic heterocycles. The molecule has 3 atom stereocenters. The quantitative estimate of drug-likeness (QED) is 0.220. The van der Waals surface area contributed by atoms with Crippen LogP contribution in [0.1, 0.15) is 52.0 Å². The Bertz CT molecular complexity index is 998. The summed E-state index contributed by atoms with van der Waals surface area (Å²) in [5, 5.41) is 17.8. The molecule has 11 heteroatoms. The minimum Gasteiger partial charge on any atom is -0.548 e. The summed E-state index contributed by atoms with van der Waals surface area (Å²) in [5.41, 5.74) is -0.419. The maximum atomic E-state index is 13.8. The third kappa shape index (κ3) is 4.94. The Hall–Kier alpha value is -1.62. The van der Waals surface area contributed by atoms with E-state index >= 15 is 0 Å². The number of carbonyl (C=O) groups is 3. The van der Waals surface area contributed by atoms with Crippen LogP contribution < -0.4 is 40.0 Å². The van der Waals surface area contributed by atoms with Crippen molar-refractivity contribution < 1.29 is 58.3 Å². The molecule has 0 unspecified atom stereocenters. The molecule has 8 nitrogen and oxygen atoms in total. The summed E-state index contributed by atoms with van der Waals surface area (Å²) in [6.45, 7) is 5.35. The van der Waals surface area contributed by atoms with Crippen LogP contribution in [0.3, 0.4) is 0 Å². The third-order valence-electron chi connectivity index (χ3n) is 6.28. The number of hydrogen-bond acceptors (Lipinski definition) is 7. The molecule has 1 aromatic rings. The van der Waals surface area contributed by atoms with Gasteiger partial charge < -0.3 is 25.0 Å². The van der Waals surface area contributed by atoms with Crippen LogP contribution in [0.15, 0.2) is 29.4 Å². The van der Waals surface area contributed by atoms with Crippen LogP contribution in [0.2, 0.25) is 0 Å². The molecule has 1 saturated carbocycles. The predicted molar refractivity (Wildman–Crippen MR) is 114 cm³/mol. The number of carboxylic acids is 1. The van der Waals surface area contributed by atoms with Crippen molar-refractivity contribution in [2.24, 2.45) is 5.16 Å². The van der Waals surface area contributed by atoms with Crippen molar-refractivity contribution in [1.82, 2.24) is 10.2 Å². The van der Waals surface area contributed by atoms with Gasteiger partial charge in [-0.05, 0) is 58.6 Å². The number of oxime groups is 1. The van der Waals surface area contributed by atoms with Crippen LogP contribution >= 0.6 is 11.8 Å². The number of nitrogens with zero attached hydrogens (tertiary/aromatic N) is 2. The molecule has 0 spiro atoms. The summed E-state index contributed by atoms with van der Waals surface area (Å²) >= 11 is 1.29. The summed E-state index contributed by atoms with van der Waals surface area (Å²) in [4.78, 5) is 44.3. The summed E-state index contributed by atoms with van der Waals surface area (Å²) in [6, 6.07) is 3.42. The molecule has 1 N–H and O–H groups in total. The van der Waals surface area contributed by atoms with E-state index in [9.17, 15) is 23.9 Å². The van der Waals surface area contributed by atoms with Gasteiger partial charge in [-0.1, -0.05) is 17.3 Å². The van der Waals surface area contributed by atoms with Gasteiger partial charge in [-0.15, -0.1) is 11.8 Å². The molecular weight excluding hydrogens is 460 g/mol. The van der Waals surface area contributed by atoms with Gasteiger partial charge in [0.1, 0.15) is 22.8 Å². The largest absolute Gasteiger partial charge is 1.00 e. The SMILES string of the molecule is CC1(O/N=C(\C(=O)N[C@H]2C(=O)N3[C@@H]2SC(C)(C)[C@@H]3C(=O)[O-])c2cccc(F)c2)CCCC1.[Na+]. The number of benzene rings is 1. The Labute approximate surface area is 218 Å². The van der Waals surface area contributed by atoms with Crippen molar-refractivity contribution in [3.05, 3.63) is 35.6 Å². The Morgan fingerprint density at radius 2 is 1.94 bits per heavy atom. The number of carbonyl (C=O) groups excluding carboxylic acids is 3. The second-order valence-corrected chi connectivity index (χ2v) is 11.0. The van der Waals surface area contributed by atoms with Crippen molar-refractivity contribution in [1.29, 1.82) is 0 Å². The number of rotatable bonds is 6. The van der Waals surface area contributed by atoms with E-state index in [-0.39, 0.29) is 40.8 Å². The van der Waals surface area contributed by atoms with Gasteiger partial charge >= 0.3 is 29.6 Å². The standard InChI is InChI=1S/C22H26FN3O5S.Na/c1-21(2)16(20(29)30)26-18(28)15(19(26)32-21)24-17(27)14(12-7-6-8-13(23)11-12)25-31-22(3)9-4-5-10-22;/h6-8,11,15-16,19H,4-5,9-10H2,1-3H3,(H,24,27)(H,29,30);/q;+1/p-1/b25-14-;/t15-,16-,19+;/m0./s1. The van der Waals surface area contributed by atoms with Crippen LogP contribution in [0, 0.1) is 5.82 Å². The van der Waals surface area contributed by atoms with Gasteiger partial charge in [0, 0.05) is 10.3 Å². The molecule has 0 aromatic heterocycles. The molecular formula is C22H25FN3NaO5S. The van der Waals surface area contributed by atoms with Crippen molar-refractivity contribution in [2.75, 3.05) is 0 Å². The molecule has 2 saturated heterocycles. The second kappa shape index (κ2) is 9.56. The number of amides is 2. The van der Waals surface area contributed by atoms with Crippen molar-refractivity contribution >= 4 is 35.3 Å². The Kier molecular flexibility index (Phi) is 7.53. The van der Waals surface area contributed by atoms with E-state index in [1.165, 1.54) is 40.9 Å². The number of β-lactam (4-membered cyclic amide) rings is 1. The smallest absolute Gasteiger partial charge is 0.548 e. The van der Waals surface area contributed by atoms with Crippen molar-refractivity contribution in [2.45, 2.75) is 74.3 Å². The second-order valence-electron chi connectivity index (χ2n) is 9.23. The molecule has 2 amide bonds. The Morgan fingerprint density at radius 1 is 1.27 bits per heavy atom. The first-order valence-corrected chi connectivity index (χ1v) is 11.4. The topological polar surface area (TPSA) is 111 Å². The fourth-order valence-corrected chi connectivity index (χ4v) is 6.19. The Balaban J connectivity index is 0.00000306. The van der Waals surface area contributed by atoms with E-state index in [2.05, 4.69) is 10.5 Å². The number of fused-ring (bicyclic) bond motifs is 1. The third-order valence-corrected chi connectivity index (χ3v) is 7.85. The molecule has 4 rings (SSSR count). The predicted octanol–water partition coefficient (Wildman–Crippen LogP) is -1.82. The molecule has 3 aliphatic rings. The number of nitrogens with one attached hydrogen (secondary N) is 1. The van der Waals surface area contributed by atoms with Gasteiger partial charge in [0.05, 0.1) is 12.0 Å². The van der Waals surface area contributed by atoms with Gasteiger partial charge in [0.2, 0.25) is 5.91 Å². The summed E-state index contributed by atoms with van der Waals surface area (Å²) in [6.07, 6.45) is 3.58. The van der Waals surface area contributed by atoms with Crippen LogP contribution in [0.25, 0.3) is 0 Å². The number of aliphatic carboxylic acids is 1. The van der Waals surface area contributed by atoms with Crippen LogP contribution in [-0.4, -0.2) is 56.2 Å². The van der Waals surface area contributed by atoms with Crippen LogP contribution in [-0.2, 0) is 19.2 Å². The van der Waals surface area contributed by atoms with E-state index in [0.29, 0.717) is 0 Å². The zero-order valence-corrected chi connectivity index (χ0v) is 21.9. The summed E-state index contributed by atoms with van der Waals surface area (Å²) in [7, 11) is 0. The number of thioether (sulfide) groups is 1.